The number of benzene rings is 2. The molecule has 138 valence electrons. The molecule has 1 aromatic heterocycles. The summed E-state index contributed by atoms with van der Waals surface area (Å²) < 4.78 is 5.71. The van der Waals surface area contributed by atoms with Crippen molar-refractivity contribution in [2.24, 2.45) is 0 Å². The minimum Gasteiger partial charge on any atom is -0.411 e. The highest BCUT2D eigenvalue weighted by atomic mass is 32.2. The van der Waals surface area contributed by atoms with Gasteiger partial charge in [0.2, 0.25) is 11.8 Å². The first kappa shape index (κ1) is 18.8. The van der Waals surface area contributed by atoms with E-state index in [4.69, 9.17) is 4.42 Å². The van der Waals surface area contributed by atoms with E-state index in [1.165, 1.54) is 18.7 Å². The second-order valence-corrected chi connectivity index (χ2v) is 7.36. The van der Waals surface area contributed by atoms with Gasteiger partial charge in [0.1, 0.15) is 0 Å². The van der Waals surface area contributed by atoms with Gasteiger partial charge in [-0.25, -0.2) is 0 Å². The van der Waals surface area contributed by atoms with Crippen molar-refractivity contribution in [1.29, 1.82) is 0 Å². The first-order chi connectivity index (χ1) is 12.9. The lowest BCUT2D eigenvalue weighted by Gasteiger charge is -2.08. The van der Waals surface area contributed by atoms with Crippen molar-refractivity contribution < 1.29 is 14.0 Å². The zero-order chi connectivity index (χ0) is 19.4. The van der Waals surface area contributed by atoms with Gasteiger partial charge in [-0.1, -0.05) is 30.0 Å². The van der Waals surface area contributed by atoms with Crippen molar-refractivity contribution in [1.82, 2.24) is 10.2 Å². The molecule has 0 spiro atoms. The summed E-state index contributed by atoms with van der Waals surface area (Å²) in [5.74, 6) is 0.235. The maximum absolute atomic E-state index is 12.6. The second kappa shape index (κ2) is 8.18. The molecule has 6 nitrogen and oxygen atoms in total. The Hall–Kier alpha value is -2.93. The standard InChI is InChI=1S/C20H19N3O3S/c1-12-6-4-5-7-17(12)19-22-23-20(26-19)27-13(2)18(25)15-8-10-16(11-9-15)21-14(3)24/h4-11,13H,1-3H3,(H,21,24). The van der Waals surface area contributed by atoms with Crippen LogP contribution in [0.2, 0.25) is 0 Å². The van der Waals surface area contributed by atoms with Gasteiger partial charge in [0, 0.05) is 23.7 Å². The van der Waals surface area contributed by atoms with Crippen molar-refractivity contribution in [3.05, 3.63) is 59.7 Å². The van der Waals surface area contributed by atoms with Crippen LogP contribution in [0, 0.1) is 6.92 Å². The number of anilines is 1. The van der Waals surface area contributed by atoms with Crippen LogP contribution < -0.4 is 5.32 Å². The minimum atomic E-state index is -0.387. The van der Waals surface area contributed by atoms with E-state index in [2.05, 4.69) is 15.5 Å². The van der Waals surface area contributed by atoms with E-state index < -0.39 is 0 Å². The molecule has 0 saturated carbocycles. The number of thioether (sulfide) groups is 1. The van der Waals surface area contributed by atoms with Crippen LogP contribution in [0.4, 0.5) is 5.69 Å². The van der Waals surface area contributed by atoms with Gasteiger partial charge in [0.15, 0.2) is 5.78 Å². The van der Waals surface area contributed by atoms with Crippen molar-refractivity contribution >= 4 is 29.1 Å². The van der Waals surface area contributed by atoms with E-state index >= 15 is 0 Å². The van der Waals surface area contributed by atoms with Crippen LogP contribution in [0.1, 0.15) is 29.8 Å². The zero-order valence-corrected chi connectivity index (χ0v) is 16.0. The number of ketones is 1. The maximum atomic E-state index is 12.6. The fourth-order valence-electron chi connectivity index (χ4n) is 2.54. The van der Waals surface area contributed by atoms with Gasteiger partial charge in [0.05, 0.1) is 5.25 Å². The Morgan fingerprint density at radius 2 is 1.78 bits per heavy atom. The van der Waals surface area contributed by atoms with Gasteiger partial charge in [0.25, 0.3) is 5.22 Å². The monoisotopic (exact) mass is 381 g/mol. The summed E-state index contributed by atoms with van der Waals surface area (Å²) in [6, 6.07) is 14.5. The number of nitrogens with one attached hydrogen (secondary N) is 1. The number of carbonyl (C=O) groups excluding carboxylic acids is 2. The Bertz CT molecular complexity index is 967. The highest BCUT2D eigenvalue weighted by Crippen LogP contribution is 2.29. The van der Waals surface area contributed by atoms with Gasteiger partial charge in [-0.05, 0) is 49.7 Å². The summed E-state index contributed by atoms with van der Waals surface area (Å²) in [6.45, 7) is 5.21. The van der Waals surface area contributed by atoms with Crippen LogP contribution in [0.25, 0.3) is 11.5 Å². The molecule has 0 bridgehead atoms. The molecule has 0 fully saturated rings. The number of aryl methyl sites for hydroxylation is 1. The number of hydrogen-bond donors (Lipinski definition) is 1. The summed E-state index contributed by atoms with van der Waals surface area (Å²) in [5.41, 5.74) is 3.13. The Morgan fingerprint density at radius 1 is 1.07 bits per heavy atom. The molecule has 27 heavy (non-hydrogen) atoms. The van der Waals surface area contributed by atoms with Crippen molar-refractivity contribution in [2.75, 3.05) is 5.32 Å². The van der Waals surface area contributed by atoms with Crippen LogP contribution in [-0.4, -0.2) is 27.1 Å². The van der Waals surface area contributed by atoms with Crippen LogP contribution in [0.5, 0.6) is 0 Å². The summed E-state index contributed by atoms with van der Waals surface area (Å²) in [7, 11) is 0. The quantitative estimate of drug-likeness (QED) is 0.504. The Labute approximate surface area is 161 Å². The molecular formula is C20H19N3O3S. The van der Waals surface area contributed by atoms with Gasteiger partial charge < -0.3 is 9.73 Å². The lowest BCUT2D eigenvalue weighted by Crippen LogP contribution is -2.13. The maximum Gasteiger partial charge on any atom is 0.277 e. The van der Waals surface area contributed by atoms with E-state index in [-0.39, 0.29) is 16.9 Å². The van der Waals surface area contributed by atoms with Crippen LogP contribution in [0.3, 0.4) is 0 Å². The molecule has 1 amide bonds. The number of carbonyl (C=O) groups is 2. The Kier molecular flexibility index (Phi) is 5.71. The predicted molar refractivity (Wildman–Crippen MR) is 105 cm³/mol. The zero-order valence-electron chi connectivity index (χ0n) is 15.2. The highest BCUT2D eigenvalue weighted by Gasteiger charge is 2.20. The van der Waals surface area contributed by atoms with Crippen LogP contribution in [0.15, 0.2) is 58.2 Å². The van der Waals surface area contributed by atoms with Crippen molar-refractivity contribution in [3.63, 3.8) is 0 Å². The fraction of sp³-hybridized carbons (Fsp3) is 0.200. The number of amides is 1. The number of aromatic nitrogens is 2. The Morgan fingerprint density at radius 3 is 2.44 bits per heavy atom. The molecule has 0 aliphatic carbocycles. The molecule has 0 saturated heterocycles. The number of hydrogen-bond acceptors (Lipinski definition) is 6. The third-order valence-electron chi connectivity index (χ3n) is 3.92. The largest absolute Gasteiger partial charge is 0.411 e. The normalized spacial score (nSPS) is 11.8. The third-order valence-corrected chi connectivity index (χ3v) is 4.85. The van der Waals surface area contributed by atoms with Gasteiger partial charge in [-0.15, -0.1) is 10.2 Å². The number of rotatable bonds is 6. The van der Waals surface area contributed by atoms with Crippen LogP contribution >= 0.6 is 11.8 Å². The Balaban J connectivity index is 1.68. The lowest BCUT2D eigenvalue weighted by molar-refractivity contribution is -0.114. The summed E-state index contributed by atoms with van der Waals surface area (Å²) in [6.07, 6.45) is 0. The van der Waals surface area contributed by atoms with Gasteiger partial charge >= 0.3 is 0 Å². The van der Waals surface area contributed by atoms with Gasteiger partial charge in [-0.2, -0.15) is 0 Å². The first-order valence-corrected chi connectivity index (χ1v) is 9.30. The number of Topliss-reactive ketones (excluding diaryl/α,β-unsaturated/α-hetero) is 1. The number of nitrogens with zero attached hydrogens (tertiary/aromatic N) is 2. The van der Waals surface area contributed by atoms with Crippen molar-refractivity contribution in [2.45, 2.75) is 31.2 Å². The van der Waals surface area contributed by atoms with Gasteiger partial charge in [-0.3, -0.25) is 9.59 Å². The fourth-order valence-corrected chi connectivity index (χ4v) is 3.30. The van der Waals surface area contributed by atoms with Crippen molar-refractivity contribution in [3.8, 4) is 11.5 Å². The molecule has 0 aliphatic rings. The first-order valence-electron chi connectivity index (χ1n) is 8.42. The van der Waals surface area contributed by atoms with E-state index in [1.807, 2.05) is 31.2 Å². The SMILES string of the molecule is CC(=O)Nc1ccc(C(=O)C(C)Sc2nnc(-c3ccccc3C)o2)cc1. The molecule has 3 rings (SSSR count). The average molecular weight is 381 g/mol. The van der Waals surface area contributed by atoms with E-state index in [9.17, 15) is 9.59 Å². The minimum absolute atomic E-state index is 0.0509. The van der Waals surface area contributed by atoms with E-state index in [0.29, 0.717) is 22.4 Å². The summed E-state index contributed by atoms with van der Waals surface area (Å²) >= 11 is 1.22. The average Bonchev–Trinajstić information content (AvgIpc) is 3.10. The van der Waals surface area contributed by atoms with Crippen LogP contribution in [-0.2, 0) is 4.79 Å². The summed E-state index contributed by atoms with van der Waals surface area (Å²) in [5, 5.41) is 10.8. The highest BCUT2D eigenvalue weighted by molar-refractivity contribution is 8.00. The topological polar surface area (TPSA) is 85.1 Å². The third kappa shape index (κ3) is 4.62. The van der Waals surface area contributed by atoms with E-state index in [0.717, 1.165) is 11.1 Å². The molecule has 1 unspecified atom stereocenters. The second-order valence-electron chi connectivity index (χ2n) is 6.07. The molecule has 3 aromatic rings. The lowest BCUT2D eigenvalue weighted by atomic mass is 10.1. The molecule has 1 heterocycles. The molecule has 0 radical (unpaired) electrons. The molecule has 2 aromatic carbocycles. The van der Waals surface area contributed by atoms with E-state index in [1.54, 1.807) is 31.2 Å². The smallest absolute Gasteiger partial charge is 0.277 e. The molecule has 0 aliphatic heterocycles. The molecule has 1 atom stereocenters. The predicted octanol–water partition coefficient (Wildman–Crippen LogP) is 4.37. The molecule has 7 heteroatoms. The molecular weight excluding hydrogens is 362 g/mol. The molecule has 1 N–H and O–H groups in total. The summed E-state index contributed by atoms with van der Waals surface area (Å²) in [4.78, 5) is 23.7.